The van der Waals surface area contributed by atoms with E-state index in [1.165, 1.54) is 60.0 Å². The first kappa shape index (κ1) is 43.9. The molecule has 4 aromatic rings. The third-order valence-corrected chi connectivity index (χ3v) is 13.7. The molecule has 3 aromatic carbocycles. The predicted octanol–water partition coefficient (Wildman–Crippen LogP) is 8.18. The summed E-state index contributed by atoms with van der Waals surface area (Å²) in [5.74, 6) is -0.145. The van der Waals surface area contributed by atoms with Gasteiger partial charge in [0.1, 0.15) is 23.0 Å². The number of anilines is 3. The standard InChI is InChI=1S/C45H52Cl2N8O6S/c1-45(2)14-13-30(38(24-45)29-3-5-31(46)6-4-29)27-52-15-17-53(18-16-52)33-9-11-37(42(21-33)61-34-22-39(47)43(48)50-25-34)44(56)51-62(59)36-10-12-40(41(23-36)55(57)58)49-26-35-28-54(19-20-60-35)32-7-8-32/h3-6,9-12,21-23,25,32,35,49H,7-8,13-20,24,26-28H2,1-2H3,(H2,48,50)(H,51,56)/t35-,62?/m0/s1. The van der Waals surface area contributed by atoms with Crippen molar-refractivity contribution in [1.82, 2.24) is 19.5 Å². The summed E-state index contributed by atoms with van der Waals surface area (Å²) in [6.07, 6.45) is 6.90. The molecular weight excluding hydrogens is 852 g/mol. The molecule has 14 nitrogen and oxygen atoms in total. The highest BCUT2D eigenvalue weighted by molar-refractivity contribution is 7.83. The van der Waals surface area contributed by atoms with Gasteiger partial charge in [0.05, 0.1) is 39.3 Å². The van der Waals surface area contributed by atoms with Crippen molar-refractivity contribution in [3.05, 3.63) is 110 Å². The maximum atomic E-state index is 13.9. The number of nitrogen functional groups attached to an aromatic ring is 1. The van der Waals surface area contributed by atoms with Crippen LogP contribution < -0.4 is 25.4 Å². The van der Waals surface area contributed by atoms with E-state index in [2.05, 4.69) is 55.7 Å². The minimum absolute atomic E-state index is 0.0592. The number of nitro benzene ring substituents is 1. The maximum absolute atomic E-state index is 13.9. The van der Waals surface area contributed by atoms with Crippen molar-refractivity contribution >= 4 is 68.5 Å². The number of aromatic nitrogens is 1. The summed E-state index contributed by atoms with van der Waals surface area (Å²) >= 11 is 12.5. The molecule has 1 amide bonds. The maximum Gasteiger partial charge on any atom is 0.293 e. The highest BCUT2D eigenvalue weighted by Crippen LogP contribution is 2.43. The fraction of sp³-hybridized carbons (Fsp3) is 0.422. The van der Waals surface area contributed by atoms with Crippen molar-refractivity contribution in [2.45, 2.75) is 63.0 Å². The number of pyridine rings is 1. The summed E-state index contributed by atoms with van der Waals surface area (Å²) in [6.45, 7) is 11.4. The molecule has 4 aliphatic rings. The van der Waals surface area contributed by atoms with Crippen LogP contribution in [-0.2, 0) is 15.7 Å². The van der Waals surface area contributed by atoms with Gasteiger partial charge in [0, 0.05) is 87.3 Å². The van der Waals surface area contributed by atoms with Crippen molar-refractivity contribution in [2.75, 3.05) is 74.9 Å². The van der Waals surface area contributed by atoms with Crippen LogP contribution in [0.1, 0.15) is 61.9 Å². The molecule has 1 aromatic heterocycles. The van der Waals surface area contributed by atoms with Gasteiger partial charge >= 0.3 is 0 Å². The highest BCUT2D eigenvalue weighted by atomic mass is 35.5. The number of amides is 1. The molecule has 2 atom stereocenters. The lowest BCUT2D eigenvalue weighted by atomic mass is 9.72. The first-order valence-electron chi connectivity index (χ1n) is 21.1. The number of piperazine rings is 1. The summed E-state index contributed by atoms with van der Waals surface area (Å²) in [5.41, 5.74) is 11.2. The Morgan fingerprint density at radius 1 is 1.05 bits per heavy atom. The lowest BCUT2D eigenvalue weighted by molar-refractivity contribution is -0.384. The van der Waals surface area contributed by atoms with E-state index in [4.69, 9.17) is 38.4 Å². The van der Waals surface area contributed by atoms with Crippen LogP contribution in [0.5, 0.6) is 11.5 Å². The molecule has 4 N–H and O–H groups in total. The molecule has 2 aliphatic carbocycles. The number of benzene rings is 3. The number of ether oxygens (including phenoxy) is 2. The van der Waals surface area contributed by atoms with E-state index in [9.17, 15) is 19.1 Å². The van der Waals surface area contributed by atoms with Gasteiger partial charge < -0.3 is 25.4 Å². The second kappa shape index (κ2) is 18.9. The van der Waals surface area contributed by atoms with Gasteiger partial charge in [-0.1, -0.05) is 54.8 Å². The van der Waals surface area contributed by atoms with Gasteiger partial charge in [-0.25, -0.2) is 9.19 Å². The van der Waals surface area contributed by atoms with Crippen molar-refractivity contribution in [2.24, 2.45) is 5.41 Å². The number of nitrogens with two attached hydrogens (primary N) is 1. The predicted molar refractivity (Wildman–Crippen MR) is 245 cm³/mol. The van der Waals surface area contributed by atoms with Gasteiger partial charge in [-0.2, -0.15) is 0 Å². The minimum atomic E-state index is -2.15. The number of hydrogen-bond acceptors (Lipinski definition) is 12. The highest BCUT2D eigenvalue weighted by Gasteiger charge is 2.34. The molecule has 2 aliphatic heterocycles. The number of rotatable bonds is 14. The minimum Gasteiger partial charge on any atom is -0.455 e. The van der Waals surface area contributed by atoms with Crippen LogP contribution in [0.25, 0.3) is 5.57 Å². The normalized spacial score (nSPS) is 20.1. The third-order valence-electron chi connectivity index (χ3n) is 12.1. The van der Waals surface area contributed by atoms with Crippen LogP contribution >= 0.6 is 23.2 Å². The second-order valence-corrected chi connectivity index (χ2v) is 19.3. The molecule has 1 saturated carbocycles. The van der Waals surface area contributed by atoms with E-state index in [1.54, 1.807) is 12.1 Å². The Hall–Kier alpha value is -4.77. The average molecular weight is 904 g/mol. The van der Waals surface area contributed by atoms with Crippen LogP contribution in [-0.4, -0.2) is 101 Å². The van der Waals surface area contributed by atoms with E-state index in [1.807, 2.05) is 18.2 Å². The monoisotopic (exact) mass is 902 g/mol. The molecule has 1 unspecified atom stereocenters. The van der Waals surface area contributed by atoms with Crippen LogP contribution in [0.2, 0.25) is 10.0 Å². The molecule has 0 spiro atoms. The van der Waals surface area contributed by atoms with Crippen LogP contribution in [0.15, 0.2) is 83.4 Å². The van der Waals surface area contributed by atoms with Crippen molar-refractivity contribution < 1.29 is 23.4 Å². The number of halogens is 2. The van der Waals surface area contributed by atoms with Crippen LogP contribution in [0.3, 0.4) is 0 Å². The summed E-state index contributed by atoms with van der Waals surface area (Å²) < 4.78 is 28.3. The second-order valence-electron chi connectivity index (χ2n) is 17.2. The SMILES string of the molecule is CC1(C)CCC(CN2CCN(c3ccc(C(=O)NS(=O)c4ccc(NC[C@H]5CN(C6CC6)CCO5)c([N+](=O)[O-])c4)c(Oc4cnc(N)c(Cl)c4)c3)CC2)=C(c2ccc(Cl)cc2)C1. The number of nitro groups is 1. The third kappa shape index (κ3) is 10.7. The first-order chi connectivity index (χ1) is 29.8. The molecule has 3 fully saturated rings. The lowest BCUT2D eigenvalue weighted by Gasteiger charge is -2.39. The topological polar surface area (TPSA) is 168 Å². The van der Waals surface area contributed by atoms with Gasteiger partial charge in [-0.15, -0.1) is 0 Å². The average Bonchev–Trinajstić information content (AvgIpc) is 4.12. The van der Waals surface area contributed by atoms with Gasteiger partial charge in [-0.3, -0.25) is 29.4 Å². The van der Waals surface area contributed by atoms with Crippen molar-refractivity contribution in [3.63, 3.8) is 0 Å². The van der Waals surface area contributed by atoms with Gasteiger partial charge in [0.15, 0.2) is 11.0 Å². The first-order valence-corrected chi connectivity index (χ1v) is 23.0. The number of allylic oxidation sites excluding steroid dienone is 1. The van der Waals surface area contributed by atoms with Gasteiger partial charge in [-0.05, 0) is 85.1 Å². The van der Waals surface area contributed by atoms with E-state index in [0.717, 1.165) is 75.8 Å². The smallest absolute Gasteiger partial charge is 0.293 e. The molecule has 17 heteroatoms. The summed E-state index contributed by atoms with van der Waals surface area (Å²) in [4.78, 5) is 36.8. The lowest BCUT2D eigenvalue weighted by Crippen LogP contribution is -2.47. The Balaban J connectivity index is 0.958. The molecule has 62 heavy (non-hydrogen) atoms. The molecule has 3 heterocycles. The summed E-state index contributed by atoms with van der Waals surface area (Å²) in [5, 5.41) is 16.2. The Bertz CT molecular complexity index is 2370. The van der Waals surface area contributed by atoms with Crippen molar-refractivity contribution in [3.8, 4) is 11.5 Å². The van der Waals surface area contributed by atoms with E-state index >= 15 is 0 Å². The zero-order valence-electron chi connectivity index (χ0n) is 34.9. The van der Waals surface area contributed by atoms with E-state index < -0.39 is 21.8 Å². The van der Waals surface area contributed by atoms with Crippen LogP contribution in [0, 0.1) is 15.5 Å². The molecule has 2 saturated heterocycles. The van der Waals surface area contributed by atoms with Gasteiger partial charge in [0.25, 0.3) is 11.6 Å². The molecule has 0 bridgehead atoms. The zero-order valence-corrected chi connectivity index (χ0v) is 37.2. The summed E-state index contributed by atoms with van der Waals surface area (Å²) in [7, 11) is -2.15. The van der Waals surface area contributed by atoms with Crippen molar-refractivity contribution in [1.29, 1.82) is 0 Å². The quantitative estimate of drug-likeness (QED) is 0.0821. The molecule has 328 valence electrons. The largest absolute Gasteiger partial charge is 0.455 e. The summed E-state index contributed by atoms with van der Waals surface area (Å²) in [6, 6.07) is 19.7. The Morgan fingerprint density at radius 3 is 2.55 bits per heavy atom. The Morgan fingerprint density at radius 2 is 1.82 bits per heavy atom. The zero-order chi connectivity index (χ0) is 43.5. The fourth-order valence-corrected chi connectivity index (χ4v) is 9.57. The number of nitrogens with zero attached hydrogens (tertiary/aromatic N) is 5. The Kier molecular flexibility index (Phi) is 13.4. The Labute approximate surface area is 374 Å². The number of hydrogen-bond donors (Lipinski definition) is 3. The fourth-order valence-electron chi connectivity index (χ4n) is 8.48. The number of carbonyl (C=O) groups excluding carboxylic acids is 1. The molecule has 8 rings (SSSR count). The van der Waals surface area contributed by atoms with Crippen LogP contribution in [0.4, 0.5) is 22.9 Å². The number of morpholine rings is 1. The molecule has 0 radical (unpaired) electrons. The number of nitrogens with one attached hydrogen (secondary N) is 2. The molecular formula is C45H52Cl2N8O6S. The van der Waals surface area contributed by atoms with Gasteiger partial charge in [0.2, 0.25) is 0 Å². The number of carbonyl (C=O) groups is 1. The van der Waals surface area contributed by atoms with E-state index in [-0.39, 0.29) is 55.7 Å². The van der Waals surface area contributed by atoms with E-state index in [0.29, 0.717) is 19.2 Å².